The summed E-state index contributed by atoms with van der Waals surface area (Å²) in [7, 11) is 1.36. The van der Waals surface area contributed by atoms with Crippen LogP contribution in [-0.2, 0) is 9.53 Å². The monoisotopic (exact) mass is 261 g/mol. The smallest absolute Gasteiger partial charge is 0.354 e. The molecule has 0 aliphatic rings. The molecule has 1 heterocycles. The number of esters is 1. The molecule has 100 valence electrons. The Labute approximate surface area is 111 Å². The number of aromatic nitrogens is 1. The first-order valence-electron chi connectivity index (χ1n) is 5.89. The van der Waals surface area contributed by atoms with Crippen LogP contribution in [0.2, 0.25) is 0 Å². The number of unbranched alkanes of at least 4 members (excludes halogenated alkanes) is 2. The van der Waals surface area contributed by atoms with E-state index in [1.165, 1.54) is 13.2 Å². The first-order chi connectivity index (χ1) is 9.13. The van der Waals surface area contributed by atoms with Gasteiger partial charge < -0.3 is 9.84 Å². The van der Waals surface area contributed by atoms with E-state index in [9.17, 15) is 9.59 Å². The average Bonchev–Trinajstić information content (AvgIpc) is 2.42. The summed E-state index contributed by atoms with van der Waals surface area (Å²) in [5, 5.41) is 8.77. The molecule has 0 fully saturated rings. The summed E-state index contributed by atoms with van der Waals surface area (Å²) < 4.78 is 4.52. The van der Waals surface area contributed by atoms with Gasteiger partial charge in [0, 0.05) is 12.8 Å². The summed E-state index contributed by atoms with van der Waals surface area (Å²) in [6.45, 7) is 0. The fourth-order valence-corrected chi connectivity index (χ4v) is 1.36. The molecule has 1 N–H and O–H groups in total. The van der Waals surface area contributed by atoms with Crippen molar-refractivity contribution in [3.05, 3.63) is 29.6 Å². The molecular formula is C14H15NO4. The molecule has 0 radical (unpaired) electrons. The van der Waals surface area contributed by atoms with E-state index in [-0.39, 0.29) is 11.7 Å². The highest BCUT2D eigenvalue weighted by Gasteiger charge is 2.03. The molecule has 5 nitrogen and oxygen atoms in total. The van der Waals surface area contributed by atoms with Crippen molar-refractivity contribution in [2.45, 2.75) is 25.7 Å². The predicted octanol–water partition coefficient (Wildman–Crippen LogP) is 1.86. The van der Waals surface area contributed by atoms with Gasteiger partial charge in [0.1, 0.15) is 11.4 Å². The minimum absolute atomic E-state index is 0.0162. The average molecular weight is 261 g/mol. The van der Waals surface area contributed by atoms with Crippen LogP contribution in [0, 0.1) is 11.8 Å². The van der Waals surface area contributed by atoms with E-state index in [0.29, 0.717) is 18.5 Å². The number of rotatable bonds is 5. The number of aromatic carboxylic acids is 1. The summed E-state index contributed by atoms with van der Waals surface area (Å²) in [5.41, 5.74) is 0.422. The van der Waals surface area contributed by atoms with Crippen LogP contribution in [0.4, 0.5) is 0 Å². The molecule has 0 aromatic carbocycles. The second-order valence-corrected chi connectivity index (χ2v) is 3.80. The Balaban J connectivity index is 2.39. The van der Waals surface area contributed by atoms with Gasteiger partial charge in [-0.1, -0.05) is 12.0 Å². The maximum atomic E-state index is 10.8. The number of hydrogen-bond acceptors (Lipinski definition) is 4. The molecule has 0 aliphatic carbocycles. The van der Waals surface area contributed by atoms with Crippen LogP contribution >= 0.6 is 0 Å². The summed E-state index contributed by atoms with van der Waals surface area (Å²) in [5.74, 6) is 4.42. The first-order valence-corrected chi connectivity index (χ1v) is 5.89. The number of methoxy groups -OCH3 is 1. The van der Waals surface area contributed by atoms with Gasteiger partial charge in [-0.15, -0.1) is 0 Å². The normalized spacial score (nSPS) is 9.32. The van der Waals surface area contributed by atoms with Gasteiger partial charge in [-0.25, -0.2) is 9.78 Å². The van der Waals surface area contributed by atoms with Crippen molar-refractivity contribution in [3.8, 4) is 11.8 Å². The minimum atomic E-state index is -1.07. The van der Waals surface area contributed by atoms with E-state index in [2.05, 4.69) is 21.6 Å². The quantitative estimate of drug-likeness (QED) is 0.497. The van der Waals surface area contributed by atoms with Crippen molar-refractivity contribution in [1.82, 2.24) is 4.98 Å². The molecule has 19 heavy (non-hydrogen) atoms. The van der Waals surface area contributed by atoms with E-state index < -0.39 is 5.97 Å². The number of carbonyl (C=O) groups excluding carboxylic acids is 1. The second kappa shape index (κ2) is 7.88. The Morgan fingerprint density at radius 1 is 1.37 bits per heavy atom. The van der Waals surface area contributed by atoms with Gasteiger partial charge in [-0.05, 0) is 30.9 Å². The molecule has 0 spiro atoms. The van der Waals surface area contributed by atoms with Crippen LogP contribution in [0.15, 0.2) is 18.2 Å². The van der Waals surface area contributed by atoms with E-state index in [1.807, 2.05) is 0 Å². The van der Waals surface area contributed by atoms with Gasteiger partial charge in [0.05, 0.1) is 7.11 Å². The largest absolute Gasteiger partial charge is 0.477 e. The van der Waals surface area contributed by atoms with Gasteiger partial charge in [0.15, 0.2) is 0 Å². The van der Waals surface area contributed by atoms with Crippen molar-refractivity contribution >= 4 is 11.9 Å². The number of nitrogens with zero attached hydrogens (tertiary/aromatic N) is 1. The standard InChI is InChI=1S/C14H15NO4/c1-19-13(16)10-5-3-2-4-7-11-8-6-9-12(15-11)14(17)18/h6,8-9H,2-3,5,10H2,1H3,(H,17,18). The van der Waals surface area contributed by atoms with Gasteiger partial charge in [0.2, 0.25) is 0 Å². The topological polar surface area (TPSA) is 76.5 Å². The van der Waals surface area contributed by atoms with Crippen molar-refractivity contribution in [2.24, 2.45) is 0 Å². The van der Waals surface area contributed by atoms with E-state index in [0.717, 1.165) is 12.8 Å². The second-order valence-electron chi connectivity index (χ2n) is 3.80. The zero-order valence-electron chi connectivity index (χ0n) is 10.7. The Kier molecular flexibility index (Phi) is 6.10. The number of ether oxygens (including phenoxy) is 1. The Bertz CT molecular complexity index is 514. The summed E-state index contributed by atoms with van der Waals surface area (Å²) in [4.78, 5) is 25.4. The zero-order valence-corrected chi connectivity index (χ0v) is 10.7. The van der Waals surface area contributed by atoms with Crippen LogP contribution in [0.3, 0.4) is 0 Å². The number of carbonyl (C=O) groups is 2. The van der Waals surface area contributed by atoms with Crippen molar-refractivity contribution < 1.29 is 19.4 Å². The highest BCUT2D eigenvalue weighted by molar-refractivity contribution is 5.85. The highest BCUT2D eigenvalue weighted by atomic mass is 16.5. The van der Waals surface area contributed by atoms with Gasteiger partial charge in [-0.3, -0.25) is 4.79 Å². The Morgan fingerprint density at radius 3 is 2.84 bits per heavy atom. The van der Waals surface area contributed by atoms with Crippen molar-refractivity contribution in [2.75, 3.05) is 7.11 Å². The minimum Gasteiger partial charge on any atom is -0.477 e. The van der Waals surface area contributed by atoms with Crippen LogP contribution in [-0.4, -0.2) is 29.1 Å². The third-order valence-corrected chi connectivity index (χ3v) is 2.35. The predicted molar refractivity (Wildman–Crippen MR) is 68.6 cm³/mol. The number of pyridine rings is 1. The van der Waals surface area contributed by atoms with Crippen LogP contribution in [0.5, 0.6) is 0 Å². The third kappa shape index (κ3) is 5.68. The fraction of sp³-hybridized carbons (Fsp3) is 0.357. The third-order valence-electron chi connectivity index (χ3n) is 2.35. The maximum Gasteiger partial charge on any atom is 0.354 e. The van der Waals surface area contributed by atoms with E-state index >= 15 is 0 Å². The molecule has 5 heteroatoms. The van der Waals surface area contributed by atoms with Gasteiger partial charge >= 0.3 is 11.9 Å². The lowest BCUT2D eigenvalue weighted by Gasteiger charge is -1.96. The molecular weight excluding hydrogens is 246 g/mol. The highest BCUT2D eigenvalue weighted by Crippen LogP contribution is 2.01. The lowest BCUT2D eigenvalue weighted by Crippen LogP contribution is -2.00. The fourth-order valence-electron chi connectivity index (χ4n) is 1.36. The van der Waals surface area contributed by atoms with Crippen LogP contribution in [0.25, 0.3) is 0 Å². The van der Waals surface area contributed by atoms with Gasteiger partial charge in [-0.2, -0.15) is 0 Å². The Morgan fingerprint density at radius 2 is 2.16 bits per heavy atom. The summed E-state index contributed by atoms with van der Waals surface area (Å²) in [6.07, 6.45) is 2.55. The summed E-state index contributed by atoms with van der Waals surface area (Å²) in [6, 6.07) is 4.69. The molecule has 0 unspecified atom stereocenters. The lowest BCUT2D eigenvalue weighted by molar-refractivity contribution is -0.140. The van der Waals surface area contributed by atoms with Crippen LogP contribution in [0.1, 0.15) is 41.9 Å². The molecule has 0 bridgehead atoms. The van der Waals surface area contributed by atoms with Crippen molar-refractivity contribution in [3.63, 3.8) is 0 Å². The SMILES string of the molecule is COC(=O)CCCCC#Cc1cccc(C(=O)O)n1. The number of hydrogen-bond donors (Lipinski definition) is 1. The van der Waals surface area contributed by atoms with Crippen molar-refractivity contribution in [1.29, 1.82) is 0 Å². The number of carboxylic acid groups (broad SMARTS) is 1. The van der Waals surface area contributed by atoms with Crippen LogP contribution < -0.4 is 0 Å². The molecule has 1 aromatic rings. The maximum absolute atomic E-state index is 10.8. The molecule has 0 amide bonds. The molecule has 1 aromatic heterocycles. The molecule has 0 aliphatic heterocycles. The van der Waals surface area contributed by atoms with E-state index in [4.69, 9.17) is 5.11 Å². The zero-order chi connectivity index (χ0) is 14.1. The molecule has 0 saturated heterocycles. The molecule has 1 rings (SSSR count). The Hall–Kier alpha value is -2.35. The molecule has 0 saturated carbocycles. The number of carboxylic acids is 1. The summed E-state index contributed by atoms with van der Waals surface area (Å²) >= 11 is 0. The van der Waals surface area contributed by atoms with Gasteiger partial charge in [0.25, 0.3) is 0 Å². The lowest BCUT2D eigenvalue weighted by atomic mass is 10.2. The first kappa shape index (κ1) is 14.7. The molecule has 0 atom stereocenters. The van der Waals surface area contributed by atoms with E-state index in [1.54, 1.807) is 12.1 Å².